The van der Waals surface area contributed by atoms with Gasteiger partial charge in [-0.3, -0.25) is 4.79 Å². The lowest BCUT2D eigenvalue weighted by atomic mass is 10.2. The van der Waals surface area contributed by atoms with Gasteiger partial charge in [-0.2, -0.15) is 0 Å². The van der Waals surface area contributed by atoms with Crippen LogP contribution in [-0.4, -0.2) is 22.5 Å². The highest BCUT2D eigenvalue weighted by Gasteiger charge is 2.14. The average Bonchev–Trinajstić information content (AvgIpc) is 3.25. The van der Waals surface area contributed by atoms with Gasteiger partial charge in [-0.15, -0.1) is 22.7 Å². The molecule has 0 bridgehead atoms. The van der Waals surface area contributed by atoms with E-state index in [9.17, 15) is 9.90 Å². The predicted octanol–water partition coefficient (Wildman–Crippen LogP) is 3.62. The van der Waals surface area contributed by atoms with Gasteiger partial charge in [-0.25, -0.2) is 4.98 Å². The Hall–Kier alpha value is -1.48. The van der Waals surface area contributed by atoms with E-state index in [1.54, 1.807) is 23.5 Å². The van der Waals surface area contributed by atoms with Crippen molar-refractivity contribution in [3.05, 3.63) is 51.1 Å². The first-order valence-electron chi connectivity index (χ1n) is 6.79. The van der Waals surface area contributed by atoms with Crippen LogP contribution in [-0.2, 0) is 11.2 Å². The maximum Gasteiger partial charge on any atom is 0.226 e. The van der Waals surface area contributed by atoms with Crippen molar-refractivity contribution in [1.29, 1.82) is 0 Å². The van der Waals surface area contributed by atoms with Crippen molar-refractivity contribution < 1.29 is 14.3 Å². The summed E-state index contributed by atoms with van der Waals surface area (Å²) in [6.07, 6.45) is 0.831. The summed E-state index contributed by atoms with van der Waals surface area (Å²) in [5, 5.41) is 17.3. The number of furan rings is 1. The second-order valence-electron chi connectivity index (χ2n) is 4.79. The molecule has 0 aliphatic carbocycles. The molecule has 1 unspecified atom stereocenters. The molecule has 0 aliphatic rings. The van der Waals surface area contributed by atoms with Gasteiger partial charge in [0.15, 0.2) is 0 Å². The number of carbonyl (C=O) groups is 1. The van der Waals surface area contributed by atoms with Crippen LogP contribution >= 0.6 is 38.6 Å². The quantitative estimate of drug-likeness (QED) is 0.648. The average molecular weight is 413 g/mol. The fourth-order valence-corrected chi connectivity index (χ4v) is 4.27. The zero-order valence-corrected chi connectivity index (χ0v) is 15.1. The Balaban J connectivity index is 1.53. The Bertz CT molecular complexity index is 782. The maximum absolute atomic E-state index is 11.9. The molecule has 23 heavy (non-hydrogen) atoms. The molecule has 0 aliphatic heterocycles. The number of amides is 1. The number of aromatic nitrogens is 1. The van der Waals surface area contributed by atoms with Gasteiger partial charge < -0.3 is 14.8 Å². The minimum atomic E-state index is -0.844. The molecule has 3 aromatic rings. The fourth-order valence-electron chi connectivity index (χ4n) is 1.95. The molecule has 1 amide bonds. The zero-order valence-electron chi connectivity index (χ0n) is 11.9. The Morgan fingerprint density at radius 1 is 1.43 bits per heavy atom. The lowest BCUT2D eigenvalue weighted by Crippen LogP contribution is -2.29. The molecule has 2 N–H and O–H groups in total. The molecule has 0 aromatic carbocycles. The number of rotatable bonds is 6. The van der Waals surface area contributed by atoms with E-state index in [-0.39, 0.29) is 18.9 Å². The van der Waals surface area contributed by atoms with Crippen LogP contribution in [0.1, 0.15) is 17.6 Å². The number of thiazole rings is 1. The highest BCUT2D eigenvalue weighted by atomic mass is 79.9. The van der Waals surface area contributed by atoms with Gasteiger partial charge in [-0.05, 0) is 34.1 Å². The van der Waals surface area contributed by atoms with E-state index < -0.39 is 6.10 Å². The number of halogens is 1. The fraction of sp³-hybridized carbons (Fsp3) is 0.200. The van der Waals surface area contributed by atoms with Crippen LogP contribution in [0, 0.1) is 0 Å². The number of nitrogens with zero attached hydrogens (tertiary/aromatic N) is 1. The molecular weight excluding hydrogens is 400 g/mol. The first-order chi connectivity index (χ1) is 11.1. The molecule has 8 heteroatoms. The Kier molecular flexibility index (Phi) is 5.27. The summed E-state index contributed by atoms with van der Waals surface area (Å²) in [6, 6.07) is 5.37. The number of aliphatic hydroxyl groups is 1. The van der Waals surface area contributed by atoms with Gasteiger partial charge in [0.05, 0.1) is 29.8 Å². The summed E-state index contributed by atoms with van der Waals surface area (Å²) in [7, 11) is 0. The van der Waals surface area contributed by atoms with Crippen LogP contribution in [0.25, 0.3) is 9.88 Å². The molecule has 3 rings (SSSR count). The summed E-state index contributed by atoms with van der Waals surface area (Å²) in [5.41, 5.74) is 0.722. The standard InChI is InChI=1S/C15H13BrN2O3S2/c16-9-4-13(22-7-9)15-18-10(8-23-15)5-14(20)17-6-11(19)12-2-1-3-21-12/h1-4,7-8,11,19H,5-6H2,(H,17,20). The number of thiophene rings is 1. The number of hydrogen-bond donors (Lipinski definition) is 2. The molecule has 0 saturated heterocycles. The second kappa shape index (κ2) is 7.39. The van der Waals surface area contributed by atoms with Gasteiger partial charge in [0.2, 0.25) is 5.91 Å². The second-order valence-corrected chi connectivity index (χ2v) is 7.47. The normalized spacial score (nSPS) is 12.3. The largest absolute Gasteiger partial charge is 0.467 e. The first-order valence-corrected chi connectivity index (χ1v) is 9.34. The molecule has 0 radical (unpaired) electrons. The summed E-state index contributed by atoms with van der Waals surface area (Å²) < 4.78 is 6.11. The topological polar surface area (TPSA) is 75.4 Å². The SMILES string of the molecule is O=C(Cc1csc(-c2cc(Br)cs2)n1)NCC(O)c1ccco1. The van der Waals surface area contributed by atoms with E-state index in [1.807, 2.05) is 16.8 Å². The van der Waals surface area contributed by atoms with Crippen molar-refractivity contribution in [1.82, 2.24) is 10.3 Å². The minimum Gasteiger partial charge on any atom is -0.467 e. The van der Waals surface area contributed by atoms with Gasteiger partial charge in [0.25, 0.3) is 0 Å². The maximum atomic E-state index is 11.9. The van der Waals surface area contributed by atoms with Crippen LogP contribution in [0.2, 0.25) is 0 Å². The Labute approximate surface area is 149 Å². The lowest BCUT2D eigenvalue weighted by molar-refractivity contribution is -0.121. The van der Waals surface area contributed by atoms with Crippen molar-refractivity contribution in [2.24, 2.45) is 0 Å². The summed E-state index contributed by atoms with van der Waals surface area (Å²) in [4.78, 5) is 17.5. The zero-order chi connectivity index (χ0) is 16.2. The van der Waals surface area contributed by atoms with Crippen LogP contribution in [0.4, 0.5) is 0 Å². The number of hydrogen-bond acceptors (Lipinski definition) is 6. The lowest BCUT2D eigenvalue weighted by Gasteiger charge is -2.08. The van der Waals surface area contributed by atoms with E-state index in [0.29, 0.717) is 5.76 Å². The van der Waals surface area contributed by atoms with Crippen molar-refractivity contribution in [3.8, 4) is 9.88 Å². The molecule has 0 saturated carbocycles. The van der Waals surface area contributed by atoms with E-state index in [0.717, 1.165) is 20.1 Å². The van der Waals surface area contributed by atoms with Crippen molar-refractivity contribution in [2.45, 2.75) is 12.5 Å². The van der Waals surface area contributed by atoms with E-state index in [1.165, 1.54) is 17.6 Å². The third kappa shape index (κ3) is 4.29. The van der Waals surface area contributed by atoms with E-state index in [4.69, 9.17) is 4.42 Å². The summed E-state index contributed by atoms with van der Waals surface area (Å²) in [6.45, 7) is 0.112. The van der Waals surface area contributed by atoms with E-state index in [2.05, 4.69) is 26.2 Å². The van der Waals surface area contributed by atoms with Crippen LogP contribution in [0.5, 0.6) is 0 Å². The van der Waals surface area contributed by atoms with Gasteiger partial charge in [-0.1, -0.05) is 0 Å². The van der Waals surface area contributed by atoms with Crippen molar-refractivity contribution in [2.75, 3.05) is 6.54 Å². The third-order valence-corrected chi connectivity index (χ3v) is 5.79. The van der Waals surface area contributed by atoms with Crippen LogP contribution in [0.3, 0.4) is 0 Å². The molecule has 1 atom stereocenters. The smallest absolute Gasteiger partial charge is 0.226 e. The highest BCUT2D eigenvalue weighted by Crippen LogP contribution is 2.32. The first kappa shape index (κ1) is 16.4. The predicted molar refractivity (Wildman–Crippen MR) is 93.5 cm³/mol. The monoisotopic (exact) mass is 412 g/mol. The number of carbonyl (C=O) groups excluding carboxylic acids is 1. The van der Waals surface area contributed by atoms with Gasteiger partial charge in [0.1, 0.15) is 16.9 Å². The molecule has 0 spiro atoms. The highest BCUT2D eigenvalue weighted by molar-refractivity contribution is 9.10. The number of aliphatic hydroxyl groups excluding tert-OH is 1. The van der Waals surface area contributed by atoms with E-state index >= 15 is 0 Å². The Morgan fingerprint density at radius 3 is 3.00 bits per heavy atom. The van der Waals surface area contributed by atoms with Crippen molar-refractivity contribution in [3.63, 3.8) is 0 Å². The Morgan fingerprint density at radius 2 is 2.30 bits per heavy atom. The molecule has 3 aromatic heterocycles. The molecule has 120 valence electrons. The molecular formula is C15H13BrN2O3S2. The van der Waals surface area contributed by atoms with Gasteiger partial charge in [0, 0.05) is 15.2 Å². The minimum absolute atomic E-state index is 0.112. The molecule has 5 nitrogen and oxygen atoms in total. The van der Waals surface area contributed by atoms with Crippen LogP contribution < -0.4 is 5.32 Å². The summed E-state index contributed by atoms with van der Waals surface area (Å²) >= 11 is 6.54. The van der Waals surface area contributed by atoms with Crippen molar-refractivity contribution >= 4 is 44.5 Å². The van der Waals surface area contributed by atoms with Gasteiger partial charge >= 0.3 is 0 Å². The number of nitrogens with one attached hydrogen (secondary N) is 1. The molecule has 3 heterocycles. The van der Waals surface area contributed by atoms with Crippen LogP contribution in [0.15, 0.2) is 44.1 Å². The third-order valence-electron chi connectivity index (χ3n) is 3.04. The molecule has 0 fully saturated rings. The summed E-state index contributed by atoms with van der Waals surface area (Å²) in [5.74, 6) is 0.254.